The van der Waals surface area contributed by atoms with Crippen LogP contribution in [0.4, 0.5) is 0 Å². The molecule has 3 heteroatoms. The second kappa shape index (κ2) is 7.06. The molecule has 0 saturated heterocycles. The van der Waals surface area contributed by atoms with Gasteiger partial charge in [0.25, 0.3) is 0 Å². The standard InChI is InChI=1S/C17H22N2O/c1-4-18-16(12-14-8-5-7-13(2)11-14)15-9-6-10-19-17(15)20-3/h5-11,16,18H,4,12H2,1-3H3. The Bertz CT molecular complexity index is 554. The number of aryl methyl sites for hydroxylation is 1. The summed E-state index contributed by atoms with van der Waals surface area (Å²) in [6.07, 6.45) is 2.69. The number of aromatic nitrogens is 1. The lowest BCUT2D eigenvalue weighted by Crippen LogP contribution is -2.23. The zero-order valence-corrected chi connectivity index (χ0v) is 12.4. The lowest BCUT2D eigenvalue weighted by molar-refractivity contribution is 0.382. The smallest absolute Gasteiger partial charge is 0.217 e. The second-order valence-electron chi connectivity index (χ2n) is 4.91. The van der Waals surface area contributed by atoms with Crippen LogP contribution < -0.4 is 10.1 Å². The molecule has 1 aromatic heterocycles. The molecule has 2 rings (SSSR count). The van der Waals surface area contributed by atoms with Crippen LogP contribution in [-0.4, -0.2) is 18.6 Å². The number of pyridine rings is 1. The van der Waals surface area contributed by atoms with E-state index in [1.54, 1.807) is 13.3 Å². The van der Waals surface area contributed by atoms with Gasteiger partial charge in [-0.2, -0.15) is 0 Å². The fourth-order valence-electron chi connectivity index (χ4n) is 2.45. The molecule has 106 valence electrons. The minimum atomic E-state index is 0.213. The summed E-state index contributed by atoms with van der Waals surface area (Å²) in [6, 6.07) is 12.9. The van der Waals surface area contributed by atoms with Crippen molar-refractivity contribution >= 4 is 0 Å². The van der Waals surface area contributed by atoms with Gasteiger partial charge in [0.05, 0.1) is 7.11 Å². The van der Waals surface area contributed by atoms with Crippen LogP contribution in [0.1, 0.15) is 29.7 Å². The van der Waals surface area contributed by atoms with Crippen LogP contribution in [0.5, 0.6) is 5.88 Å². The van der Waals surface area contributed by atoms with E-state index < -0.39 is 0 Å². The first kappa shape index (κ1) is 14.5. The molecule has 1 heterocycles. The fourth-order valence-corrected chi connectivity index (χ4v) is 2.45. The summed E-state index contributed by atoms with van der Waals surface area (Å²) >= 11 is 0. The Morgan fingerprint density at radius 1 is 1.25 bits per heavy atom. The van der Waals surface area contributed by atoms with E-state index in [1.807, 2.05) is 6.07 Å². The molecule has 3 nitrogen and oxygen atoms in total. The van der Waals surface area contributed by atoms with Crippen molar-refractivity contribution in [2.24, 2.45) is 0 Å². The maximum absolute atomic E-state index is 5.38. The molecule has 0 amide bonds. The molecule has 1 aromatic carbocycles. The second-order valence-corrected chi connectivity index (χ2v) is 4.91. The van der Waals surface area contributed by atoms with Gasteiger partial charge in [0, 0.05) is 17.8 Å². The average molecular weight is 270 g/mol. The van der Waals surface area contributed by atoms with Gasteiger partial charge in [-0.25, -0.2) is 4.98 Å². The summed E-state index contributed by atoms with van der Waals surface area (Å²) in [5.74, 6) is 0.700. The van der Waals surface area contributed by atoms with Crippen molar-refractivity contribution in [3.63, 3.8) is 0 Å². The summed E-state index contributed by atoms with van der Waals surface area (Å²) in [6.45, 7) is 5.15. The quantitative estimate of drug-likeness (QED) is 0.874. The number of hydrogen-bond acceptors (Lipinski definition) is 3. The molecule has 2 aromatic rings. The van der Waals surface area contributed by atoms with E-state index in [-0.39, 0.29) is 6.04 Å². The number of nitrogens with one attached hydrogen (secondary N) is 1. The highest BCUT2D eigenvalue weighted by atomic mass is 16.5. The first-order valence-electron chi connectivity index (χ1n) is 7.02. The molecule has 0 saturated carbocycles. The van der Waals surface area contributed by atoms with Gasteiger partial charge in [-0.1, -0.05) is 42.8 Å². The summed E-state index contributed by atoms with van der Waals surface area (Å²) < 4.78 is 5.38. The SMILES string of the molecule is CCNC(Cc1cccc(C)c1)c1cccnc1OC. The lowest BCUT2D eigenvalue weighted by Gasteiger charge is -2.20. The van der Waals surface area contributed by atoms with Crippen molar-refractivity contribution in [3.05, 3.63) is 59.3 Å². The molecule has 1 atom stereocenters. The predicted molar refractivity (Wildman–Crippen MR) is 82.1 cm³/mol. The Morgan fingerprint density at radius 2 is 2.10 bits per heavy atom. The summed E-state index contributed by atoms with van der Waals surface area (Å²) in [7, 11) is 1.67. The van der Waals surface area contributed by atoms with Crippen molar-refractivity contribution in [1.82, 2.24) is 10.3 Å². The Hall–Kier alpha value is -1.87. The van der Waals surface area contributed by atoms with Gasteiger partial charge < -0.3 is 10.1 Å². The molecule has 0 aliphatic carbocycles. The minimum absolute atomic E-state index is 0.213. The first-order chi connectivity index (χ1) is 9.74. The molecule has 20 heavy (non-hydrogen) atoms. The minimum Gasteiger partial charge on any atom is -0.481 e. The third-order valence-corrected chi connectivity index (χ3v) is 3.34. The summed E-state index contributed by atoms with van der Waals surface area (Å²) in [4.78, 5) is 4.30. The zero-order chi connectivity index (χ0) is 14.4. The molecular formula is C17H22N2O. The average Bonchev–Trinajstić information content (AvgIpc) is 2.47. The van der Waals surface area contributed by atoms with Gasteiger partial charge in [-0.3, -0.25) is 0 Å². The van der Waals surface area contributed by atoms with Gasteiger partial charge in [-0.15, -0.1) is 0 Å². The maximum Gasteiger partial charge on any atom is 0.217 e. The van der Waals surface area contributed by atoms with Crippen molar-refractivity contribution in [2.45, 2.75) is 26.3 Å². The number of methoxy groups -OCH3 is 1. The Morgan fingerprint density at radius 3 is 2.80 bits per heavy atom. The topological polar surface area (TPSA) is 34.2 Å². The largest absolute Gasteiger partial charge is 0.481 e. The number of hydrogen-bond donors (Lipinski definition) is 1. The molecule has 0 aliphatic heterocycles. The van der Waals surface area contributed by atoms with Gasteiger partial charge >= 0.3 is 0 Å². The van der Waals surface area contributed by atoms with Crippen LogP contribution in [0, 0.1) is 6.92 Å². The van der Waals surface area contributed by atoms with Crippen LogP contribution in [0.2, 0.25) is 0 Å². The van der Waals surface area contributed by atoms with Crippen molar-refractivity contribution < 1.29 is 4.74 Å². The molecule has 0 radical (unpaired) electrons. The molecule has 1 unspecified atom stereocenters. The van der Waals surface area contributed by atoms with E-state index in [4.69, 9.17) is 4.74 Å². The third-order valence-electron chi connectivity index (χ3n) is 3.34. The van der Waals surface area contributed by atoms with Crippen molar-refractivity contribution in [3.8, 4) is 5.88 Å². The van der Waals surface area contributed by atoms with Crippen molar-refractivity contribution in [1.29, 1.82) is 0 Å². The molecule has 0 fully saturated rings. The zero-order valence-electron chi connectivity index (χ0n) is 12.4. The normalized spacial score (nSPS) is 12.2. The number of nitrogens with zero attached hydrogens (tertiary/aromatic N) is 1. The number of benzene rings is 1. The molecular weight excluding hydrogens is 248 g/mol. The monoisotopic (exact) mass is 270 g/mol. The predicted octanol–water partition coefficient (Wildman–Crippen LogP) is 3.29. The number of rotatable bonds is 6. The lowest BCUT2D eigenvalue weighted by atomic mass is 9.98. The highest BCUT2D eigenvalue weighted by Gasteiger charge is 2.16. The van der Waals surface area contributed by atoms with Crippen molar-refractivity contribution in [2.75, 3.05) is 13.7 Å². The van der Waals surface area contributed by atoms with E-state index in [2.05, 4.69) is 54.5 Å². The van der Waals surface area contributed by atoms with E-state index in [9.17, 15) is 0 Å². The fraction of sp³-hybridized carbons (Fsp3) is 0.353. The van der Waals surface area contributed by atoms with Gasteiger partial charge in [0.2, 0.25) is 5.88 Å². The van der Waals surface area contributed by atoms with Gasteiger partial charge in [0.15, 0.2) is 0 Å². The van der Waals surface area contributed by atoms with E-state index in [0.717, 1.165) is 18.5 Å². The maximum atomic E-state index is 5.38. The third kappa shape index (κ3) is 3.58. The van der Waals surface area contributed by atoms with Crippen LogP contribution in [-0.2, 0) is 6.42 Å². The van der Waals surface area contributed by atoms with Gasteiger partial charge in [0.1, 0.15) is 0 Å². The Labute approximate surface area is 121 Å². The van der Waals surface area contributed by atoms with E-state index in [1.165, 1.54) is 11.1 Å². The molecule has 0 spiro atoms. The van der Waals surface area contributed by atoms with Crippen LogP contribution in [0.25, 0.3) is 0 Å². The Kier molecular flexibility index (Phi) is 5.13. The van der Waals surface area contributed by atoms with Crippen LogP contribution >= 0.6 is 0 Å². The van der Waals surface area contributed by atoms with Gasteiger partial charge in [-0.05, 0) is 31.5 Å². The Balaban J connectivity index is 2.26. The highest BCUT2D eigenvalue weighted by Crippen LogP contribution is 2.25. The number of likely N-dealkylation sites (N-methyl/N-ethyl adjacent to an activating group) is 1. The van der Waals surface area contributed by atoms with E-state index in [0.29, 0.717) is 5.88 Å². The van der Waals surface area contributed by atoms with E-state index >= 15 is 0 Å². The first-order valence-corrected chi connectivity index (χ1v) is 7.02. The molecule has 0 bridgehead atoms. The number of ether oxygens (including phenoxy) is 1. The molecule has 0 aliphatic rings. The molecule has 1 N–H and O–H groups in total. The summed E-state index contributed by atoms with van der Waals surface area (Å²) in [5, 5.41) is 3.52. The highest BCUT2D eigenvalue weighted by molar-refractivity contribution is 5.32. The van der Waals surface area contributed by atoms with Crippen LogP contribution in [0.15, 0.2) is 42.6 Å². The summed E-state index contributed by atoms with van der Waals surface area (Å²) in [5.41, 5.74) is 3.72. The van der Waals surface area contributed by atoms with Crippen LogP contribution in [0.3, 0.4) is 0 Å².